The molecule has 9 heteroatoms. The van der Waals surface area contributed by atoms with Gasteiger partial charge in [-0.05, 0) is 17.7 Å². The van der Waals surface area contributed by atoms with Crippen molar-refractivity contribution >= 4 is 11.6 Å². The van der Waals surface area contributed by atoms with Crippen molar-refractivity contribution in [2.24, 2.45) is 0 Å². The van der Waals surface area contributed by atoms with Crippen molar-refractivity contribution < 1.29 is 26.7 Å². The molecule has 3 aromatic rings. The lowest BCUT2D eigenvalue weighted by Gasteiger charge is -2.13. The first-order valence-corrected chi connectivity index (χ1v) is 7.69. The van der Waals surface area contributed by atoms with Gasteiger partial charge in [0, 0.05) is 17.8 Å². The molecule has 0 fully saturated rings. The Morgan fingerprint density at radius 1 is 1.07 bits per heavy atom. The normalized spacial score (nSPS) is 11.4. The number of aromatic nitrogens is 2. The number of alkyl halides is 3. The van der Waals surface area contributed by atoms with Crippen LogP contribution in [0.3, 0.4) is 0 Å². The van der Waals surface area contributed by atoms with E-state index in [9.17, 15) is 26.7 Å². The lowest BCUT2D eigenvalue weighted by Crippen LogP contribution is -2.21. The monoisotopic (exact) mass is 381 g/mol. The van der Waals surface area contributed by atoms with Crippen LogP contribution in [0.4, 0.5) is 27.6 Å². The Morgan fingerprint density at radius 2 is 1.78 bits per heavy atom. The van der Waals surface area contributed by atoms with Gasteiger partial charge in [0.15, 0.2) is 5.69 Å². The summed E-state index contributed by atoms with van der Waals surface area (Å²) in [7, 11) is 0. The van der Waals surface area contributed by atoms with Crippen LogP contribution in [0.5, 0.6) is 0 Å². The molecule has 0 radical (unpaired) electrons. The van der Waals surface area contributed by atoms with E-state index in [0.29, 0.717) is 11.6 Å². The van der Waals surface area contributed by atoms with Crippen molar-refractivity contribution in [1.82, 2.24) is 9.78 Å². The summed E-state index contributed by atoms with van der Waals surface area (Å²) in [5.41, 5.74) is -0.841. The van der Waals surface area contributed by atoms with Crippen molar-refractivity contribution in [3.63, 3.8) is 0 Å². The van der Waals surface area contributed by atoms with E-state index in [0.717, 1.165) is 23.0 Å². The minimum Gasteiger partial charge on any atom is -0.321 e. The summed E-state index contributed by atoms with van der Waals surface area (Å²) >= 11 is 0. The standard InChI is InChI=1S/C18H12F5N3O/c19-12-8-13(11-4-2-1-3-5-11)17(14(20)9-12)24-16(27)10-26-7-6-15(25-26)18(21,22)23/h1-9H,10H2,(H,24,27). The third-order valence-corrected chi connectivity index (χ3v) is 3.64. The number of halogens is 5. The van der Waals surface area contributed by atoms with Crippen LogP contribution in [0.2, 0.25) is 0 Å². The lowest BCUT2D eigenvalue weighted by molar-refractivity contribution is -0.141. The highest BCUT2D eigenvalue weighted by atomic mass is 19.4. The zero-order chi connectivity index (χ0) is 19.6. The second kappa shape index (κ2) is 7.18. The average Bonchev–Trinajstić information content (AvgIpc) is 3.06. The molecule has 2 aromatic carbocycles. The van der Waals surface area contributed by atoms with Crippen molar-refractivity contribution in [1.29, 1.82) is 0 Å². The van der Waals surface area contributed by atoms with Crippen molar-refractivity contribution in [2.75, 3.05) is 5.32 Å². The zero-order valence-corrected chi connectivity index (χ0v) is 13.6. The molecule has 1 aromatic heterocycles. The highest BCUT2D eigenvalue weighted by molar-refractivity contribution is 5.95. The van der Waals surface area contributed by atoms with Gasteiger partial charge in [0.05, 0.1) is 5.69 Å². The Morgan fingerprint density at radius 3 is 2.41 bits per heavy atom. The van der Waals surface area contributed by atoms with Gasteiger partial charge in [0.1, 0.15) is 18.2 Å². The molecular weight excluding hydrogens is 369 g/mol. The fourth-order valence-corrected chi connectivity index (χ4v) is 2.47. The predicted molar refractivity (Wildman–Crippen MR) is 87.7 cm³/mol. The fraction of sp³-hybridized carbons (Fsp3) is 0.111. The maximum Gasteiger partial charge on any atom is 0.435 e. The fourth-order valence-electron chi connectivity index (χ4n) is 2.47. The Hall–Kier alpha value is -3.23. The van der Waals surface area contributed by atoms with E-state index in [2.05, 4.69) is 10.4 Å². The number of carbonyl (C=O) groups is 1. The summed E-state index contributed by atoms with van der Waals surface area (Å²) < 4.78 is 66.3. The van der Waals surface area contributed by atoms with E-state index in [1.807, 2.05) is 0 Å². The maximum absolute atomic E-state index is 14.2. The van der Waals surface area contributed by atoms with Gasteiger partial charge in [0.2, 0.25) is 5.91 Å². The third kappa shape index (κ3) is 4.30. The summed E-state index contributed by atoms with van der Waals surface area (Å²) in [6, 6.07) is 10.6. The van der Waals surface area contributed by atoms with Crippen LogP contribution >= 0.6 is 0 Å². The van der Waals surface area contributed by atoms with Gasteiger partial charge in [-0.15, -0.1) is 0 Å². The topological polar surface area (TPSA) is 46.9 Å². The van der Waals surface area contributed by atoms with E-state index in [-0.39, 0.29) is 11.3 Å². The van der Waals surface area contributed by atoms with Gasteiger partial charge in [-0.2, -0.15) is 18.3 Å². The minimum absolute atomic E-state index is 0.109. The number of amides is 1. The molecule has 0 aliphatic carbocycles. The maximum atomic E-state index is 14.2. The van der Waals surface area contributed by atoms with Crippen LogP contribution in [0, 0.1) is 11.6 Å². The molecule has 27 heavy (non-hydrogen) atoms. The minimum atomic E-state index is -4.63. The van der Waals surface area contributed by atoms with E-state index in [1.165, 1.54) is 0 Å². The zero-order valence-electron chi connectivity index (χ0n) is 13.6. The van der Waals surface area contributed by atoms with E-state index in [1.54, 1.807) is 30.3 Å². The molecule has 0 aliphatic rings. The van der Waals surface area contributed by atoms with E-state index in [4.69, 9.17) is 0 Å². The Balaban J connectivity index is 1.85. The van der Waals surface area contributed by atoms with Gasteiger partial charge in [-0.1, -0.05) is 30.3 Å². The molecule has 1 N–H and O–H groups in total. The van der Waals surface area contributed by atoms with Crippen LogP contribution in [0.1, 0.15) is 5.69 Å². The van der Waals surface area contributed by atoms with Gasteiger partial charge >= 0.3 is 6.18 Å². The van der Waals surface area contributed by atoms with Crippen LogP contribution < -0.4 is 5.32 Å². The molecule has 0 saturated heterocycles. The Kier molecular flexibility index (Phi) is 4.93. The van der Waals surface area contributed by atoms with Gasteiger partial charge in [-0.3, -0.25) is 9.48 Å². The second-order valence-electron chi connectivity index (χ2n) is 5.62. The first-order valence-electron chi connectivity index (χ1n) is 7.69. The summed E-state index contributed by atoms with van der Waals surface area (Å²) in [5.74, 6) is -2.64. The van der Waals surface area contributed by atoms with Gasteiger partial charge in [0.25, 0.3) is 0 Å². The van der Waals surface area contributed by atoms with Crippen molar-refractivity contribution in [3.8, 4) is 11.1 Å². The number of nitrogens with zero attached hydrogens (tertiary/aromatic N) is 2. The van der Waals surface area contributed by atoms with Gasteiger partial charge in [-0.25, -0.2) is 8.78 Å². The predicted octanol–water partition coefficient (Wildman–Crippen LogP) is 4.49. The number of benzene rings is 2. The molecule has 0 saturated carbocycles. The van der Waals surface area contributed by atoms with Crippen molar-refractivity contribution in [3.05, 3.63) is 72.1 Å². The third-order valence-electron chi connectivity index (χ3n) is 3.64. The van der Waals surface area contributed by atoms with Crippen LogP contribution in [0.15, 0.2) is 54.7 Å². The second-order valence-corrected chi connectivity index (χ2v) is 5.62. The Labute approximate surface area is 150 Å². The average molecular weight is 381 g/mol. The molecule has 0 bridgehead atoms. The summed E-state index contributed by atoms with van der Waals surface area (Å²) in [6.07, 6.45) is -3.65. The number of anilines is 1. The number of nitrogens with one attached hydrogen (secondary N) is 1. The molecule has 0 atom stereocenters. The lowest BCUT2D eigenvalue weighted by atomic mass is 10.0. The van der Waals surface area contributed by atoms with Gasteiger partial charge < -0.3 is 5.32 Å². The highest BCUT2D eigenvalue weighted by Crippen LogP contribution is 2.31. The largest absolute Gasteiger partial charge is 0.435 e. The number of hydrogen-bond donors (Lipinski definition) is 1. The van der Waals surface area contributed by atoms with Crippen LogP contribution in [0.25, 0.3) is 11.1 Å². The molecule has 0 spiro atoms. The number of carbonyl (C=O) groups excluding carboxylic acids is 1. The SMILES string of the molecule is O=C(Cn1ccc(C(F)(F)F)n1)Nc1c(F)cc(F)cc1-c1ccccc1. The summed E-state index contributed by atoms with van der Waals surface area (Å²) in [6.45, 7) is -0.568. The molecular formula is C18H12F5N3O. The molecule has 1 amide bonds. The first-order chi connectivity index (χ1) is 12.7. The summed E-state index contributed by atoms with van der Waals surface area (Å²) in [4.78, 5) is 12.1. The molecule has 140 valence electrons. The molecule has 0 unspecified atom stereocenters. The van der Waals surface area contributed by atoms with Crippen LogP contribution in [-0.2, 0) is 17.5 Å². The summed E-state index contributed by atoms with van der Waals surface area (Å²) in [5, 5.41) is 5.54. The van der Waals surface area contributed by atoms with Crippen LogP contribution in [-0.4, -0.2) is 15.7 Å². The number of rotatable bonds is 4. The number of hydrogen-bond acceptors (Lipinski definition) is 2. The molecule has 3 rings (SSSR count). The molecule has 4 nitrogen and oxygen atoms in total. The Bertz CT molecular complexity index is 967. The highest BCUT2D eigenvalue weighted by Gasteiger charge is 2.33. The quantitative estimate of drug-likeness (QED) is 0.677. The first kappa shape index (κ1) is 18.6. The van der Waals surface area contributed by atoms with E-state index < -0.39 is 36.0 Å². The smallest absolute Gasteiger partial charge is 0.321 e. The van der Waals surface area contributed by atoms with E-state index >= 15 is 0 Å². The van der Waals surface area contributed by atoms with Crippen molar-refractivity contribution in [2.45, 2.75) is 12.7 Å². The molecule has 1 heterocycles. The molecule has 0 aliphatic heterocycles.